The lowest BCUT2D eigenvalue weighted by molar-refractivity contribution is -0.131. The molecular weight excluding hydrogens is 286 g/mol. The number of aromatic nitrogens is 2. The number of benzene rings is 2. The molecule has 4 nitrogen and oxygen atoms in total. The van der Waals surface area contributed by atoms with Crippen molar-refractivity contribution in [3.05, 3.63) is 89.7 Å². The van der Waals surface area contributed by atoms with Crippen LogP contribution in [0.15, 0.2) is 72.9 Å². The highest BCUT2D eigenvalue weighted by atomic mass is 16.2. The number of hydrogen-bond acceptors (Lipinski definition) is 2. The van der Waals surface area contributed by atoms with Crippen LogP contribution in [0.3, 0.4) is 0 Å². The van der Waals surface area contributed by atoms with Gasteiger partial charge in [0.15, 0.2) is 0 Å². The van der Waals surface area contributed by atoms with Crippen LogP contribution >= 0.6 is 0 Å². The number of nitrogens with one attached hydrogen (secondary N) is 1. The predicted octanol–water partition coefficient (Wildman–Crippen LogP) is 3.18. The van der Waals surface area contributed by atoms with Gasteiger partial charge in [0.2, 0.25) is 5.91 Å². The maximum absolute atomic E-state index is 12.7. The van der Waals surface area contributed by atoms with E-state index in [1.54, 1.807) is 6.20 Å². The van der Waals surface area contributed by atoms with E-state index in [1.807, 2.05) is 71.6 Å². The second kappa shape index (κ2) is 7.40. The van der Waals surface area contributed by atoms with Gasteiger partial charge in [0.1, 0.15) is 0 Å². The second-order valence-electron chi connectivity index (χ2n) is 5.48. The average Bonchev–Trinajstić information content (AvgIpc) is 3.09. The minimum atomic E-state index is 0.0851. The second-order valence-corrected chi connectivity index (χ2v) is 5.48. The van der Waals surface area contributed by atoms with Crippen molar-refractivity contribution in [2.24, 2.45) is 0 Å². The van der Waals surface area contributed by atoms with Gasteiger partial charge >= 0.3 is 0 Å². The molecule has 116 valence electrons. The molecule has 0 radical (unpaired) electrons. The Hall–Kier alpha value is -2.88. The molecule has 0 spiro atoms. The Labute approximate surface area is 135 Å². The van der Waals surface area contributed by atoms with Crippen LogP contribution in [0.4, 0.5) is 0 Å². The number of amides is 1. The molecule has 0 atom stereocenters. The summed E-state index contributed by atoms with van der Waals surface area (Å²) in [5.74, 6) is 0.0851. The van der Waals surface area contributed by atoms with Crippen LogP contribution in [0.5, 0.6) is 0 Å². The molecule has 1 amide bonds. The van der Waals surface area contributed by atoms with Crippen molar-refractivity contribution < 1.29 is 4.79 Å². The van der Waals surface area contributed by atoms with Gasteiger partial charge in [0.05, 0.1) is 6.42 Å². The van der Waals surface area contributed by atoms with E-state index in [9.17, 15) is 4.79 Å². The SMILES string of the molecule is O=C(Cc1ccn[nH]1)N(Cc1ccccc1)Cc1ccccc1. The Morgan fingerprint density at radius 1 is 0.870 bits per heavy atom. The molecular formula is C19H19N3O. The van der Waals surface area contributed by atoms with E-state index in [2.05, 4.69) is 10.2 Å². The third-order valence-electron chi connectivity index (χ3n) is 3.69. The Balaban J connectivity index is 1.76. The maximum Gasteiger partial charge on any atom is 0.229 e. The minimum absolute atomic E-state index is 0.0851. The highest BCUT2D eigenvalue weighted by Crippen LogP contribution is 2.12. The first-order valence-corrected chi connectivity index (χ1v) is 7.65. The normalized spacial score (nSPS) is 10.4. The fourth-order valence-corrected chi connectivity index (χ4v) is 2.50. The average molecular weight is 305 g/mol. The first kappa shape index (κ1) is 15.0. The number of carbonyl (C=O) groups is 1. The molecule has 0 aliphatic carbocycles. The van der Waals surface area contributed by atoms with Crippen molar-refractivity contribution in [2.75, 3.05) is 0 Å². The van der Waals surface area contributed by atoms with Crippen LogP contribution in [0.25, 0.3) is 0 Å². The number of carbonyl (C=O) groups excluding carboxylic acids is 1. The number of nitrogens with zero attached hydrogens (tertiary/aromatic N) is 2. The maximum atomic E-state index is 12.7. The highest BCUT2D eigenvalue weighted by Gasteiger charge is 2.15. The number of hydrogen-bond donors (Lipinski definition) is 1. The van der Waals surface area contributed by atoms with Crippen LogP contribution < -0.4 is 0 Å². The third kappa shape index (κ3) is 4.30. The molecule has 0 aliphatic rings. The summed E-state index contributed by atoms with van der Waals surface area (Å²) in [6.07, 6.45) is 2.00. The molecule has 1 N–H and O–H groups in total. The fourth-order valence-electron chi connectivity index (χ4n) is 2.50. The zero-order valence-electron chi connectivity index (χ0n) is 12.9. The molecule has 0 saturated carbocycles. The van der Waals surface area contributed by atoms with Gasteiger partial charge in [-0.3, -0.25) is 9.89 Å². The highest BCUT2D eigenvalue weighted by molar-refractivity contribution is 5.78. The molecule has 1 aromatic heterocycles. The monoisotopic (exact) mass is 305 g/mol. The van der Waals surface area contributed by atoms with E-state index in [-0.39, 0.29) is 5.91 Å². The first-order chi connectivity index (χ1) is 11.3. The molecule has 1 heterocycles. The van der Waals surface area contributed by atoms with Gasteiger partial charge in [-0.05, 0) is 17.2 Å². The molecule has 23 heavy (non-hydrogen) atoms. The summed E-state index contributed by atoms with van der Waals surface area (Å²) in [6, 6.07) is 22.0. The van der Waals surface area contributed by atoms with Gasteiger partial charge in [-0.15, -0.1) is 0 Å². The lowest BCUT2D eigenvalue weighted by atomic mass is 10.1. The standard InChI is InChI=1S/C19H19N3O/c23-19(13-18-11-12-20-21-18)22(14-16-7-3-1-4-8-16)15-17-9-5-2-6-10-17/h1-12H,13-15H2,(H,20,21). The van der Waals surface area contributed by atoms with Crippen molar-refractivity contribution in [3.63, 3.8) is 0 Å². The van der Waals surface area contributed by atoms with Gasteiger partial charge in [-0.2, -0.15) is 5.10 Å². The summed E-state index contributed by atoms with van der Waals surface area (Å²) in [4.78, 5) is 14.6. The number of rotatable bonds is 6. The zero-order chi connectivity index (χ0) is 15.9. The molecule has 0 fully saturated rings. The van der Waals surface area contributed by atoms with Crippen LogP contribution in [0.2, 0.25) is 0 Å². The van der Waals surface area contributed by atoms with Crippen LogP contribution in [-0.4, -0.2) is 21.0 Å². The molecule has 0 saturated heterocycles. The molecule has 3 aromatic rings. The van der Waals surface area contributed by atoms with Gasteiger partial charge in [0, 0.05) is 25.0 Å². The smallest absolute Gasteiger partial charge is 0.229 e. The van der Waals surface area contributed by atoms with Crippen molar-refractivity contribution in [1.82, 2.24) is 15.1 Å². The van der Waals surface area contributed by atoms with E-state index in [0.717, 1.165) is 16.8 Å². The third-order valence-corrected chi connectivity index (χ3v) is 3.69. The van der Waals surface area contributed by atoms with Crippen LogP contribution in [0, 0.1) is 0 Å². The summed E-state index contributed by atoms with van der Waals surface area (Å²) in [7, 11) is 0. The fraction of sp³-hybridized carbons (Fsp3) is 0.158. The van der Waals surface area contributed by atoms with Crippen LogP contribution in [0.1, 0.15) is 16.8 Å². The van der Waals surface area contributed by atoms with E-state index in [1.165, 1.54) is 0 Å². The zero-order valence-corrected chi connectivity index (χ0v) is 12.9. The number of H-pyrrole nitrogens is 1. The van der Waals surface area contributed by atoms with Crippen molar-refractivity contribution in [2.45, 2.75) is 19.5 Å². The predicted molar refractivity (Wildman–Crippen MR) is 89.4 cm³/mol. The summed E-state index contributed by atoms with van der Waals surface area (Å²) in [5, 5.41) is 6.76. The van der Waals surface area contributed by atoms with Crippen molar-refractivity contribution in [1.29, 1.82) is 0 Å². The summed E-state index contributed by atoms with van der Waals surface area (Å²) in [6.45, 7) is 1.20. The minimum Gasteiger partial charge on any atom is -0.334 e. The summed E-state index contributed by atoms with van der Waals surface area (Å²) >= 11 is 0. The first-order valence-electron chi connectivity index (χ1n) is 7.65. The summed E-state index contributed by atoms with van der Waals surface area (Å²) in [5.41, 5.74) is 3.09. The Bertz CT molecular complexity index is 682. The van der Waals surface area contributed by atoms with Gasteiger partial charge in [-0.25, -0.2) is 0 Å². The lowest BCUT2D eigenvalue weighted by Crippen LogP contribution is -2.31. The molecule has 3 rings (SSSR count). The van der Waals surface area contributed by atoms with E-state index >= 15 is 0 Å². The Kier molecular flexibility index (Phi) is 4.84. The summed E-state index contributed by atoms with van der Waals surface area (Å²) < 4.78 is 0. The number of aromatic amines is 1. The van der Waals surface area contributed by atoms with Gasteiger partial charge in [0.25, 0.3) is 0 Å². The Morgan fingerprint density at radius 3 is 1.91 bits per heavy atom. The quantitative estimate of drug-likeness (QED) is 0.760. The molecule has 0 unspecified atom stereocenters. The topological polar surface area (TPSA) is 49.0 Å². The molecule has 0 aliphatic heterocycles. The Morgan fingerprint density at radius 2 is 1.43 bits per heavy atom. The largest absolute Gasteiger partial charge is 0.334 e. The van der Waals surface area contributed by atoms with Gasteiger partial charge in [-0.1, -0.05) is 60.7 Å². The molecule has 4 heteroatoms. The van der Waals surface area contributed by atoms with E-state index in [0.29, 0.717) is 19.5 Å². The van der Waals surface area contributed by atoms with Gasteiger partial charge < -0.3 is 4.90 Å². The van der Waals surface area contributed by atoms with E-state index < -0.39 is 0 Å². The van der Waals surface area contributed by atoms with E-state index in [4.69, 9.17) is 0 Å². The van der Waals surface area contributed by atoms with Crippen molar-refractivity contribution in [3.8, 4) is 0 Å². The molecule has 2 aromatic carbocycles. The van der Waals surface area contributed by atoms with Crippen LogP contribution in [-0.2, 0) is 24.3 Å². The molecule has 0 bridgehead atoms. The van der Waals surface area contributed by atoms with Crippen molar-refractivity contribution >= 4 is 5.91 Å². The lowest BCUT2D eigenvalue weighted by Gasteiger charge is -2.23.